The minimum atomic E-state index is -4.53. The molecule has 2 heterocycles. The Morgan fingerprint density at radius 1 is 1.31 bits per heavy atom. The third kappa shape index (κ3) is 3.89. The summed E-state index contributed by atoms with van der Waals surface area (Å²) in [6.45, 7) is 2.90. The molecule has 1 aliphatic rings. The molecule has 1 fully saturated rings. The lowest BCUT2D eigenvalue weighted by atomic mass is 10.1. The summed E-state index contributed by atoms with van der Waals surface area (Å²) in [6, 6.07) is 6.70. The topological polar surface area (TPSA) is 68.5 Å². The molecule has 1 amide bonds. The maximum atomic E-state index is 12.9. The van der Waals surface area contributed by atoms with Crippen LogP contribution in [0.25, 0.3) is 0 Å². The Morgan fingerprint density at radius 3 is 2.69 bits per heavy atom. The van der Waals surface area contributed by atoms with Crippen molar-refractivity contribution in [1.82, 2.24) is 4.98 Å². The van der Waals surface area contributed by atoms with Gasteiger partial charge in [-0.15, -0.1) is 0 Å². The van der Waals surface area contributed by atoms with Crippen LogP contribution in [0.15, 0.2) is 36.5 Å². The van der Waals surface area contributed by atoms with Gasteiger partial charge in [-0.2, -0.15) is 13.2 Å². The van der Waals surface area contributed by atoms with Crippen molar-refractivity contribution >= 4 is 11.6 Å². The van der Waals surface area contributed by atoms with Gasteiger partial charge < -0.3 is 15.4 Å². The first kappa shape index (κ1) is 18.0. The number of hydrogen-bond acceptors (Lipinski definition) is 4. The number of aromatic nitrogens is 1. The Balaban J connectivity index is 1.77. The Morgan fingerprint density at radius 2 is 2.08 bits per heavy atom. The summed E-state index contributed by atoms with van der Waals surface area (Å²) in [7, 11) is 0. The van der Waals surface area contributed by atoms with Crippen LogP contribution in [0, 0.1) is 6.92 Å². The smallest absolute Gasteiger partial charge is 0.416 e. The molecule has 1 aromatic heterocycles. The van der Waals surface area contributed by atoms with Crippen molar-refractivity contribution in [3.63, 3.8) is 0 Å². The van der Waals surface area contributed by atoms with E-state index >= 15 is 0 Å². The van der Waals surface area contributed by atoms with E-state index in [-0.39, 0.29) is 11.7 Å². The number of nitrogens with zero attached hydrogens (tertiary/aromatic N) is 2. The molecule has 3 rings (SSSR count). The minimum Gasteiger partial charge on any atom is -0.472 e. The lowest BCUT2D eigenvalue weighted by Gasteiger charge is -2.22. The predicted octanol–water partition coefficient (Wildman–Crippen LogP) is 3.17. The van der Waals surface area contributed by atoms with Crippen molar-refractivity contribution < 1.29 is 22.7 Å². The molecule has 1 saturated heterocycles. The van der Waals surface area contributed by atoms with E-state index < -0.39 is 17.6 Å². The minimum absolute atomic E-state index is 0.145. The molecule has 0 unspecified atom stereocenters. The highest BCUT2D eigenvalue weighted by molar-refractivity contribution is 5.99. The number of carbonyl (C=O) groups excluding carboxylic acids is 1. The molecule has 5 nitrogen and oxygen atoms in total. The lowest BCUT2D eigenvalue weighted by Crippen LogP contribution is -2.27. The van der Waals surface area contributed by atoms with E-state index in [1.54, 1.807) is 17.2 Å². The van der Waals surface area contributed by atoms with Gasteiger partial charge in [-0.05, 0) is 30.7 Å². The van der Waals surface area contributed by atoms with Crippen LogP contribution >= 0.6 is 0 Å². The molecule has 1 aromatic carbocycles. The monoisotopic (exact) mass is 365 g/mol. The molecule has 0 spiro atoms. The molecular formula is C18H18F3N3O2. The Kier molecular flexibility index (Phi) is 4.76. The number of aryl methyl sites for hydroxylation is 1. The summed E-state index contributed by atoms with van der Waals surface area (Å²) in [5.74, 6) is -0.402. The highest BCUT2D eigenvalue weighted by Crippen LogP contribution is 2.34. The summed E-state index contributed by atoms with van der Waals surface area (Å²) in [5, 5.41) is 0. The van der Waals surface area contributed by atoms with Crippen molar-refractivity contribution in [2.75, 3.05) is 18.0 Å². The second kappa shape index (κ2) is 6.86. The lowest BCUT2D eigenvalue weighted by molar-refractivity contribution is -0.137. The number of rotatable bonds is 4. The number of halogens is 3. The van der Waals surface area contributed by atoms with Gasteiger partial charge in [0.1, 0.15) is 6.10 Å². The number of anilines is 1. The molecule has 8 heteroatoms. The second-order valence-corrected chi connectivity index (χ2v) is 6.24. The number of carbonyl (C=O) groups is 1. The molecule has 1 atom stereocenters. The van der Waals surface area contributed by atoms with Crippen LogP contribution in [0.2, 0.25) is 0 Å². The van der Waals surface area contributed by atoms with Gasteiger partial charge in [-0.1, -0.05) is 6.07 Å². The predicted molar refractivity (Wildman–Crippen MR) is 90.2 cm³/mol. The van der Waals surface area contributed by atoms with Crippen molar-refractivity contribution in [3.8, 4) is 5.88 Å². The number of alkyl halides is 3. The van der Waals surface area contributed by atoms with Gasteiger partial charge in [-0.25, -0.2) is 4.98 Å². The Labute approximate surface area is 148 Å². The highest BCUT2D eigenvalue weighted by atomic mass is 19.4. The SMILES string of the molecule is Cc1ccc(O[C@@H]2CCN(c3ccc(C(F)(F)F)cc3C(N)=O)C2)nc1. The highest BCUT2D eigenvalue weighted by Gasteiger charge is 2.33. The van der Waals surface area contributed by atoms with Gasteiger partial charge in [0.2, 0.25) is 5.88 Å². The number of ether oxygens (including phenoxy) is 1. The number of hydrogen-bond donors (Lipinski definition) is 1. The molecule has 1 aliphatic heterocycles. The van der Waals surface area contributed by atoms with Crippen LogP contribution in [0.5, 0.6) is 5.88 Å². The molecule has 0 bridgehead atoms. The molecular weight excluding hydrogens is 347 g/mol. The molecule has 2 N–H and O–H groups in total. The number of benzene rings is 1. The summed E-state index contributed by atoms with van der Waals surface area (Å²) in [6.07, 6.45) is -2.35. The van der Waals surface area contributed by atoms with Crippen molar-refractivity contribution in [2.45, 2.75) is 25.6 Å². The van der Waals surface area contributed by atoms with Crippen LogP contribution in [-0.2, 0) is 6.18 Å². The van der Waals surface area contributed by atoms with Crippen molar-refractivity contribution in [1.29, 1.82) is 0 Å². The molecule has 26 heavy (non-hydrogen) atoms. The molecule has 0 radical (unpaired) electrons. The molecule has 138 valence electrons. The van der Waals surface area contributed by atoms with Crippen LogP contribution in [0.3, 0.4) is 0 Å². The van der Waals surface area contributed by atoms with E-state index in [9.17, 15) is 18.0 Å². The van der Waals surface area contributed by atoms with E-state index in [4.69, 9.17) is 10.5 Å². The van der Waals surface area contributed by atoms with E-state index in [1.165, 1.54) is 6.07 Å². The normalized spacial score (nSPS) is 17.4. The zero-order valence-corrected chi connectivity index (χ0v) is 14.1. The largest absolute Gasteiger partial charge is 0.472 e. The zero-order valence-electron chi connectivity index (χ0n) is 14.1. The third-order valence-electron chi connectivity index (χ3n) is 4.25. The standard InChI is InChI=1S/C18H18F3N3O2/c1-11-2-5-16(23-9-11)26-13-6-7-24(10-13)15-4-3-12(18(19,20)21)8-14(15)17(22)25/h2-5,8-9,13H,6-7,10H2,1H3,(H2,22,25)/t13-/m1/s1. The van der Waals surface area contributed by atoms with Crippen molar-refractivity contribution in [2.24, 2.45) is 5.73 Å². The number of primary amides is 1. The molecule has 0 aliphatic carbocycles. The first-order valence-electron chi connectivity index (χ1n) is 8.09. The van der Waals surface area contributed by atoms with E-state index in [0.29, 0.717) is 31.1 Å². The van der Waals surface area contributed by atoms with Crippen LogP contribution < -0.4 is 15.4 Å². The number of amides is 1. The van der Waals surface area contributed by atoms with Gasteiger partial charge in [0.15, 0.2) is 0 Å². The zero-order chi connectivity index (χ0) is 18.9. The molecule has 2 aromatic rings. The van der Waals surface area contributed by atoms with Gasteiger partial charge in [0.25, 0.3) is 5.91 Å². The van der Waals surface area contributed by atoms with E-state index in [0.717, 1.165) is 17.7 Å². The van der Waals surface area contributed by atoms with Crippen LogP contribution in [-0.4, -0.2) is 30.1 Å². The summed E-state index contributed by atoms with van der Waals surface area (Å²) < 4.78 is 44.5. The fraction of sp³-hybridized carbons (Fsp3) is 0.333. The Bertz CT molecular complexity index is 806. The summed E-state index contributed by atoms with van der Waals surface area (Å²) >= 11 is 0. The maximum Gasteiger partial charge on any atom is 0.416 e. The average Bonchev–Trinajstić information content (AvgIpc) is 3.04. The number of nitrogens with two attached hydrogens (primary N) is 1. The van der Waals surface area contributed by atoms with Crippen LogP contribution in [0.1, 0.15) is 27.9 Å². The van der Waals surface area contributed by atoms with Gasteiger partial charge in [-0.3, -0.25) is 4.79 Å². The van der Waals surface area contributed by atoms with E-state index in [2.05, 4.69) is 4.98 Å². The third-order valence-corrected chi connectivity index (χ3v) is 4.25. The number of pyridine rings is 1. The Hall–Kier alpha value is -2.77. The summed E-state index contributed by atoms with van der Waals surface area (Å²) in [5.41, 5.74) is 5.65. The fourth-order valence-corrected chi connectivity index (χ4v) is 2.92. The average molecular weight is 365 g/mol. The maximum absolute atomic E-state index is 12.9. The first-order chi connectivity index (χ1) is 12.2. The van der Waals surface area contributed by atoms with Crippen LogP contribution in [0.4, 0.5) is 18.9 Å². The fourth-order valence-electron chi connectivity index (χ4n) is 2.92. The molecule has 0 saturated carbocycles. The van der Waals surface area contributed by atoms with Crippen molar-refractivity contribution in [3.05, 3.63) is 53.2 Å². The first-order valence-corrected chi connectivity index (χ1v) is 8.09. The van der Waals surface area contributed by atoms with Gasteiger partial charge in [0.05, 0.1) is 17.7 Å². The summed E-state index contributed by atoms with van der Waals surface area (Å²) in [4.78, 5) is 17.6. The quantitative estimate of drug-likeness (QED) is 0.904. The van der Waals surface area contributed by atoms with Gasteiger partial charge in [0, 0.05) is 30.9 Å². The van der Waals surface area contributed by atoms with Gasteiger partial charge >= 0.3 is 6.18 Å². The second-order valence-electron chi connectivity index (χ2n) is 6.24. The van der Waals surface area contributed by atoms with E-state index in [1.807, 2.05) is 13.0 Å².